The number of hydrogen-bond acceptors (Lipinski definition) is 3. The molecule has 0 amide bonds. The Kier molecular flexibility index (Phi) is 4.65. The van der Waals surface area contributed by atoms with Crippen LogP contribution in [0.25, 0.3) is 6.08 Å². The Hall–Kier alpha value is -2.01. The lowest BCUT2D eigenvalue weighted by molar-refractivity contribution is -0.901. The monoisotopic (exact) mass is 390 g/mol. The van der Waals surface area contributed by atoms with Crippen LogP contribution >= 0.6 is 23.2 Å². The molecule has 1 fully saturated rings. The summed E-state index contributed by atoms with van der Waals surface area (Å²) in [6.45, 7) is 2.79. The lowest BCUT2D eigenvalue weighted by Gasteiger charge is -2.15. The number of ether oxygens (including phenoxy) is 1. The van der Waals surface area contributed by atoms with Crippen molar-refractivity contribution < 1.29 is 19.5 Å². The maximum Gasteiger partial charge on any atom is 0.231 e. The summed E-state index contributed by atoms with van der Waals surface area (Å²) >= 11 is 12.1. The Morgan fingerprint density at radius 1 is 1.15 bits per heavy atom. The molecule has 4 nitrogen and oxygen atoms in total. The number of likely N-dealkylation sites (tertiary alicyclic amines) is 1. The Bertz CT molecular complexity index is 918. The van der Waals surface area contributed by atoms with E-state index in [2.05, 4.69) is 0 Å². The molecular weight excluding hydrogens is 373 g/mol. The number of Topliss-reactive ketones (excluding diaryl/α,β-unsaturated/α-hetero) is 1. The number of fused-ring (bicyclic) bond motifs is 1. The molecule has 1 saturated heterocycles. The average molecular weight is 391 g/mol. The molecule has 2 N–H and O–H groups in total. The first kappa shape index (κ1) is 17.4. The number of halogens is 2. The van der Waals surface area contributed by atoms with Crippen LogP contribution < -0.4 is 9.64 Å². The fourth-order valence-corrected chi connectivity index (χ4v) is 3.99. The van der Waals surface area contributed by atoms with Gasteiger partial charge in [0.2, 0.25) is 5.78 Å². The van der Waals surface area contributed by atoms with Crippen LogP contribution in [-0.2, 0) is 6.54 Å². The van der Waals surface area contributed by atoms with E-state index >= 15 is 0 Å². The van der Waals surface area contributed by atoms with Gasteiger partial charge in [0.1, 0.15) is 12.3 Å². The zero-order chi connectivity index (χ0) is 18.3. The number of carbonyl (C=O) groups excluding carboxylic acids is 1. The number of phenols is 1. The van der Waals surface area contributed by atoms with E-state index < -0.39 is 0 Å². The third-order valence-corrected chi connectivity index (χ3v) is 5.47. The van der Waals surface area contributed by atoms with Crippen molar-refractivity contribution in [2.24, 2.45) is 0 Å². The molecule has 6 heteroatoms. The van der Waals surface area contributed by atoms with Crippen molar-refractivity contribution in [3.8, 4) is 11.5 Å². The van der Waals surface area contributed by atoms with E-state index in [1.165, 1.54) is 17.7 Å². The van der Waals surface area contributed by atoms with Gasteiger partial charge < -0.3 is 14.7 Å². The number of ketones is 1. The molecule has 2 aliphatic heterocycles. The number of hydrogen-bond donors (Lipinski definition) is 2. The van der Waals surface area contributed by atoms with E-state index in [0.29, 0.717) is 39.0 Å². The Morgan fingerprint density at radius 2 is 1.92 bits per heavy atom. The predicted molar refractivity (Wildman–Crippen MR) is 101 cm³/mol. The maximum absolute atomic E-state index is 12.7. The number of rotatable bonds is 3. The minimum atomic E-state index is -0.205. The zero-order valence-corrected chi connectivity index (χ0v) is 15.5. The molecule has 134 valence electrons. The summed E-state index contributed by atoms with van der Waals surface area (Å²) in [5.41, 5.74) is 1.83. The van der Waals surface area contributed by atoms with Crippen molar-refractivity contribution in [3.05, 3.63) is 62.8 Å². The van der Waals surface area contributed by atoms with Crippen LogP contribution in [0.5, 0.6) is 11.5 Å². The van der Waals surface area contributed by atoms with E-state index in [4.69, 9.17) is 27.9 Å². The summed E-state index contributed by atoms with van der Waals surface area (Å²) in [5.74, 6) is 0.628. The summed E-state index contributed by atoms with van der Waals surface area (Å²) in [6.07, 6.45) is 3.99. The third kappa shape index (κ3) is 3.20. The molecule has 0 aliphatic carbocycles. The standard InChI is InChI=1S/C20H17Cl2NO3/c21-13-4-3-12(16(22)10-13)9-18-19(25)14-5-6-17(24)15(20(14)26-18)11-23-7-1-2-8-23/h3-6,9-10,24H,1-2,7-8,11H2/p+1/b18-9-. The van der Waals surface area contributed by atoms with Crippen molar-refractivity contribution in [2.45, 2.75) is 19.4 Å². The first-order valence-corrected chi connectivity index (χ1v) is 9.36. The summed E-state index contributed by atoms with van der Waals surface area (Å²) in [7, 11) is 0. The second-order valence-electron chi connectivity index (χ2n) is 6.68. The molecule has 2 aromatic rings. The number of quaternary nitrogens is 1. The van der Waals surface area contributed by atoms with Crippen LogP contribution in [-0.4, -0.2) is 24.0 Å². The fourth-order valence-electron chi connectivity index (χ4n) is 3.53. The predicted octanol–water partition coefficient (Wildman–Crippen LogP) is 3.49. The lowest BCUT2D eigenvalue weighted by Crippen LogP contribution is -3.08. The molecule has 0 radical (unpaired) electrons. The largest absolute Gasteiger partial charge is 0.507 e. The molecule has 2 aromatic carbocycles. The Labute approximate surface area is 161 Å². The average Bonchev–Trinajstić information content (AvgIpc) is 3.22. The highest BCUT2D eigenvalue weighted by molar-refractivity contribution is 6.35. The summed E-state index contributed by atoms with van der Waals surface area (Å²) in [5, 5.41) is 11.3. The number of allylic oxidation sites excluding steroid dienone is 1. The molecule has 0 bridgehead atoms. The number of aromatic hydroxyl groups is 1. The van der Waals surface area contributed by atoms with Gasteiger partial charge >= 0.3 is 0 Å². The van der Waals surface area contributed by atoms with Gasteiger partial charge in [-0.15, -0.1) is 0 Å². The normalized spacial score (nSPS) is 18.4. The third-order valence-electron chi connectivity index (χ3n) is 4.90. The molecule has 0 saturated carbocycles. The van der Waals surface area contributed by atoms with Crippen LogP contribution in [0.1, 0.15) is 34.3 Å². The van der Waals surface area contributed by atoms with Crippen molar-refractivity contribution in [2.75, 3.05) is 13.1 Å². The van der Waals surface area contributed by atoms with Crippen LogP contribution in [0.3, 0.4) is 0 Å². The molecule has 4 rings (SSSR count). The first-order chi connectivity index (χ1) is 12.5. The summed E-state index contributed by atoms with van der Waals surface area (Å²) < 4.78 is 5.88. The van der Waals surface area contributed by atoms with Crippen molar-refractivity contribution in [3.63, 3.8) is 0 Å². The Morgan fingerprint density at radius 3 is 2.65 bits per heavy atom. The van der Waals surface area contributed by atoms with E-state index in [1.54, 1.807) is 36.4 Å². The first-order valence-electron chi connectivity index (χ1n) is 8.60. The number of phenolic OH excluding ortho intramolecular Hbond substituents is 1. The Balaban J connectivity index is 1.69. The van der Waals surface area contributed by atoms with Gasteiger partial charge in [0.15, 0.2) is 11.5 Å². The van der Waals surface area contributed by atoms with E-state index in [1.807, 2.05) is 0 Å². The number of nitrogens with one attached hydrogen (secondary N) is 1. The molecular formula is C20H18Cl2NO3+. The molecule has 26 heavy (non-hydrogen) atoms. The summed E-state index contributed by atoms with van der Waals surface area (Å²) in [4.78, 5) is 14.1. The zero-order valence-electron chi connectivity index (χ0n) is 14.0. The number of carbonyl (C=O) groups is 1. The van der Waals surface area contributed by atoms with Crippen LogP contribution in [0.2, 0.25) is 10.0 Å². The van der Waals surface area contributed by atoms with Gasteiger partial charge in [-0.3, -0.25) is 4.79 Å². The molecule has 0 unspecified atom stereocenters. The smallest absolute Gasteiger partial charge is 0.231 e. The number of benzene rings is 2. The van der Waals surface area contributed by atoms with Crippen molar-refractivity contribution in [1.29, 1.82) is 0 Å². The van der Waals surface area contributed by atoms with Gasteiger partial charge in [-0.2, -0.15) is 0 Å². The van der Waals surface area contributed by atoms with Gasteiger partial charge in [-0.1, -0.05) is 29.3 Å². The fraction of sp³-hybridized carbons (Fsp3) is 0.250. The van der Waals surface area contributed by atoms with E-state index in [9.17, 15) is 9.90 Å². The maximum atomic E-state index is 12.7. The molecule has 0 spiro atoms. The molecule has 0 atom stereocenters. The van der Waals surface area contributed by atoms with Gasteiger partial charge in [-0.25, -0.2) is 0 Å². The highest BCUT2D eigenvalue weighted by Crippen LogP contribution is 2.39. The molecule has 0 aromatic heterocycles. The van der Waals surface area contributed by atoms with Gasteiger partial charge in [0, 0.05) is 22.9 Å². The SMILES string of the molecule is O=C1/C(=C/c2ccc(Cl)cc2Cl)Oc2c1ccc(O)c2C[NH+]1CCCC1. The highest BCUT2D eigenvalue weighted by atomic mass is 35.5. The van der Waals surface area contributed by atoms with Gasteiger partial charge in [0.05, 0.1) is 24.2 Å². The quantitative estimate of drug-likeness (QED) is 0.788. The lowest BCUT2D eigenvalue weighted by atomic mass is 10.0. The van der Waals surface area contributed by atoms with Crippen LogP contribution in [0.4, 0.5) is 0 Å². The minimum absolute atomic E-state index is 0.168. The minimum Gasteiger partial charge on any atom is -0.507 e. The highest BCUT2D eigenvalue weighted by Gasteiger charge is 2.33. The topological polar surface area (TPSA) is 51.0 Å². The van der Waals surface area contributed by atoms with E-state index in [0.717, 1.165) is 13.1 Å². The summed E-state index contributed by atoms with van der Waals surface area (Å²) in [6, 6.07) is 8.25. The molecule has 2 aliphatic rings. The van der Waals surface area contributed by atoms with Gasteiger partial charge in [-0.05, 0) is 35.9 Å². The van der Waals surface area contributed by atoms with Crippen LogP contribution in [0, 0.1) is 0 Å². The van der Waals surface area contributed by atoms with Crippen molar-refractivity contribution >= 4 is 35.1 Å². The van der Waals surface area contributed by atoms with Crippen LogP contribution in [0.15, 0.2) is 36.1 Å². The van der Waals surface area contributed by atoms with E-state index in [-0.39, 0.29) is 17.3 Å². The molecule has 2 heterocycles. The second kappa shape index (κ2) is 6.95. The van der Waals surface area contributed by atoms with Gasteiger partial charge in [0.25, 0.3) is 0 Å². The van der Waals surface area contributed by atoms with Crippen molar-refractivity contribution in [1.82, 2.24) is 0 Å². The second-order valence-corrected chi connectivity index (χ2v) is 7.52.